The lowest BCUT2D eigenvalue weighted by molar-refractivity contribution is -0.386. The number of nitro groups is 1. The van der Waals surface area contributed by atoms with E-state index in [1.54, 1.807) is 6.92 Å². The standard InChI is InChI=1S/C15H20ClN3O4.ClH/c1-10(14(20)18-15(9-17)6-2-3-7-15)23-13-5-4-11(16)8-12(13)19(21)22;/h4-5,8,10H,2-3,6-7,9,17H2,1H3,(H,18,20);1H. The maximum Gasteiger partial charge on any atom is 0.312 e. The molecule has 1 saturated carbocycles. The van der Waals surface area contributed by atoms with Crippen LogP contribution < -0.4 is 15.8 Å². The predicted octanol–water partition coefficient (Wildman–Crippen LogP) is 2.83. The summed E-state index contributed by atoms with van der Waals surface area (Å²) < 4.78 is 5.47. The second-order valence-corrected chi connectivity index (χ2v) is 6.25. The largest absolute Gasteiger partial charge is 0.474 e. The van der Waals surface area contributed by atoms with Crippen molar-refractivity contribution >= 4 is 35.6 Å². The first kappa shape index (κ1) is 20.5. The molecule has 1 fully saturated rings. The topological polar surface area (TPSA) is 107 Å². The van der Waals surface area contributed by atoms with Crippen molar-refractivity contribution in [3.05, 3.63) is 33.3 Å². The lowest BCUT2D eigenvalue weighted by atomic mass is 9.97. The van der Waals surface area contributed by atoms with Gasteiger partial charge in [0.05, 0.1) is 10.5 Å². The molecule has 1 aliphatic carbocycles. The van der Waals surface area contributed by atoms with Gasteiger partial charge in [-0.05, 0) is 31.9 Å². The Kier molecular flexibility index (Phi) is 7.26. The minimum absolute atomic E-state index is 0. The van der Waals surface area contributed by atoms with Crippen LogP contribution in [0.4, 0.5) is 5.69 Å². The van der Waals surface area contributed by atoms with Gasteiger partial charge in [-0.3, -0.25) is 14.9 Å². The van der Waals surface area contributed by atoms with Gasteiger partial charge < -0.3 is 15.8 Å². The molecule has 0 bridgehead atoms. The van der Waals surface area contributed by atoms with Crippen LogP contribution in [-0.2, 0) is 4.79 Å². The molecule has 134 valence electrons. The first-order valence-corrected chi connectivity index (χ1v) is 7.87. The Balaban J connectivity index is 0.00000288. The molecule has 1 aromatic rings. The van der Waals surface area contributed by atoms with Crippen molar-refractivity contribution in [1.29, 1.82) is 0 Å². The fourth-order valence-electron chi connectivity index (χ4n) is 2.77. The second kappa shape index (κ2) is 8.50. The minimum Gasteiger partial charge on any atom is -0.474 e. The third kappa shape index (κ3) is 4.72. The Bertz CT molecular complexity index is 606. The van der Waals surface area contributed by atoms with E-state index in [2.05, 4.69) is 5.32 Å². The van der Waals surface area contributed by atoms with Crippen LogP contribution in [0.1, 0.15) is 32.6 Å². The fourth-order valence-corrected chi connectivity index (χ4v) is 2.94. The number of nitro benzene ring substituents is 1. The summed E-state index contributed by atoms with van der Waals surface area (Å²) in [5.41, 5.74) is 5.13. The van der Waals surface area contributed by atoms with Crippen LogP contribution in [0.2, 0.25) is 5.02 Å². The van der Waals surface area contributed by atoms with E-state index < -0.39 is 11.0 Å². The third-order valence-electron chi connectivity index (χ3n) is 4.13. The molecule has 9 heteroatoms. The molecule has 1 atom stereocenters. The van der Waals surface area contributed by atoms with E-state index in [1.807, 2.05) is 0 Å². The van der Waals surface area contributed by atoms with Gasteiger partial charge in [-0.2, -0.15) is 0 Å². The molecule has 3 N–H and O–H groups in total. The van der Waals surface area contributed by atoms with Gasteiger partial charge in [0, 0.05) is 17.6 Å². The molecule has 1 aliphatic rings. The highest BCUT2D eigenvalue weighted by Gasteiger charge is 2.35. The monoisotopic (exact) mass is 377 g/mol. The number of nitrogens with one attached hydrogen (secondary N) is 1. The summed E-state index contributed by atoms with van der Waals surface area (Å²) in [7, 11) is 0. The summed E-state index contributed by atoms with van der Waals surface area (Å²) in [4.78, 5) is 22.8. The van der Waals surface area contributed by atoms with E-state index in [9.17, 15) is 14.9 Å². The zero-order valence-electron chi connectivity index (χ0n) is 13.3. The van der Waals surface area contributed by atoms with Gasteiger partial charge in [0.15, 0.2) is 11.9 Å². The highest BCUT2D eigenvalue weighted by molar-refractivity contribution is 6.30. The lowest BCUT2D eigenvalue weighted by Gasteiger charge is -2.30. The first-order chi connectivity index (χ1) is 10.9. The van der Waals surface area contributed by atoms with Crippen molar-refractivity contribution < 1.29 is 14.5 Å². The van der Waals surface area contributed by atoms with Crippen molar-refractivity contribution in [1.82, 2.24) is 5.32 Å². The van der Waals surface area contributed by atoms with E-state index in [1.165, 1.54) is 18.2 Å². The summed E-state index contributed by atoms with van der Waals surface area (Å²) in [5, 5.41) is 14.2. The van der Waals surface area contributed by atoms with Crippen molar-refractivity contribution in [3.63, 3.8) is 0 Å². The number of ether oxygens (including phenoxy) is 1. The third-order valence-corrected chi connectivity index (χ3v) is 4.37. The molecule has 2 rings (SSSR count). The number of rotatable bonds is 6. The van der Waals surface area contributed by atoms with Gasteiger partial charge in [-0.25, -0.2) is 0 Å². The molecule has 0 heterocycles. The highest BCUT2D eigenvalue weighted by Crippen LogP contribution is 2.31. The molecule has 1 aromatic carbocycles. The normalized spacial score (nSPS) is 16.8. The van der Waals surface area contributed by atoms with Crippen LogP contribution in [0, 0.1) is 10.1 Å². The Hall–Kier alpha value is -1.57. The number of carbonyl (C=O) groups is 1. The Morgan fingerprint density at radius 1 is 1.50 bits per heavy atom. The molecule has 24 heavy (non-hydrogen) atoms. The number of nitrogens with two attached hydrogens (primary N) is 1. The highest BCUT2D eigenvalue weighted by atomic mass is 35.5. The summed E-state index contributed by atoms with van der Waals surface area (Å²) in [6.45, 7) is 1.92. The molecule has 0 aliphatic heterocycles. The summed E-state index contributed by atoms with van der Waals surface area (Å²) in [5.74, 6) is -0.322. The molecule has 0 saturated heterocycles. The van der Waals surface area contributed by atoms with Crippen molar-refractivity contribution in [3.8, 4) is 5.75 Å². The van der Waals surface area contributed by atoms with Gasteiger partial charge in [0.25, 0.3) is 5.91 Å². The summed E-state index contributed by atoms with van der Waals surface area (Å²) in [6, 6.07) is 4.06. The van der Waals surface area contributed by atoms with Gasteiger partial charge >= 0.3 is 5.69 Å². The molecule has 0 radical (unpaired) electrons. The zero-order chi connectivity index (χ0) is 17.0. The molecule has 1 amide bonds. The van der Waals surface area contributed by atoms with Crippen LogP contribution in [0.25, 0.3) is 0 Å². The number of benzene rings is 1. The Labute approximate surface area is 151 Å². The number of hydrogen-bond donors (Lipinski definition) is 2. The molecular weight excluding hydrogens is 357 g/mol. The van der Waals surface area contributed by atoms with Gasteiger partial charge in [0.1, 0.15) is 0 Å². The van der Waals surface area contributed by atoms with E-state index in [-0.39, 0.29) is 40.3 Å². The van der Waals surface area contributed by atoms with E-state index in [0.29, 0.717) is 6.54 Å². The maximum absolute atomic E-state index is 12.3. The average molecular weight is 378 g/mol. The van der Waals surface area contributed by atoms with Gasteiger partial charge in [-0.15, -0.1) is 12.4 Å². The Morgan fingerprint density at radius 3 is 2.67 bits per heavy atom. The van der Waals surface area contributed by atoms with Gasteiger partial charge in [-0.1, -0.05) is 24.4 Å². The van der Waals surface area contributed by atoms with Crippen molar-refractivity contribution in [2.75, 3.05) is 6.54 Å². The van der Waals surface area contributed by atoms with Crippen LogP contribution in [-0.4, -0.2) is 29.0 Å². The van der Waals surface area contributed by atoms with Crippen LogP contribution in [0.5, 0.6) is 5.75 Å². The fraction of sp³-hybridized carbons (Fsp3) is 0.533. The molecule has 0 spiro atoms. The quantitative estimate of drug-likeness (QED) is 0.585. The summed E-state index contributed by atoms with van der Waals surface area (Å²) in [6.07, 6.45) is 2.84. The minimum atomic E-state index is -0.876. The number of amides is 1. The van der Waals surface area contributed by atoms with E-state index in [0.717, 1.165) is 25.7 Å². The first-order valence-electron chi connectivity index (χ1n) is 7.49. The Morgan fingerprint density at radius 2 is 2.12 bits per heavy atom. The maximum atomic E-state index is 12.3. The SMILES string of the molecule is CC(Oc1ccc(Cl)cc1[N+](=O)[O-])C(=O)NC1(CN)CCCC1.Cl. The molecule has 7 nitrogen and oxygen atoms in total. The lowest BCUT2D eigenvalue weighted by Crippen LogP contribution is -2.54. The molecular formula is C15H21Cl2N3O4. The number of hydrogen-bond acceptors (Lipinski definition) is 5. The summed E-state index contributed by atoms with van der Waals surface area (Å²) >= 11 is 5.76. The van der Waals surface area contributed by atoms with Crippen molar-refractivity contribution in [2.45, 2.75) is 44.2 Å². The van der Waals surface area contributed by atoms with Crippen LogP contribution in [0.3, 0.4) is 0 Å². The van der Waals surface area contributed by atoms with Crippen molar-refractivity contribution in [2.24, 2.45) is 5.73 Å². The second-order valence-electron chi connectivity index (χ2n) is 5.81. The number of nitrogens with zero attached hydrogens (tertiary/aromatic N) is 1. The average Bonchev–Trinajstić information content (AvgIpc) is 2.97. The van der Waals surface area contributed by atoms with Crippen LogP contribution >= 0.6 is 24.0 Å². The smallest absolute Gasteiger partial charge is 0.312 e. The molecule has 1 unspecified atom stereocenters. The van der Waals surface area contributed by atoms with Gasteiger partial charge in [0.2, 0.25) is 0 Å². The zero-order valence-corrected chi connectivity index (χ0v) is 14.9. The number of halogens is 2. The van der Waals surface area contributed by atoms with E-state index in [4.69, 9.17) is 22.1 Å². The predicted molar refractivity (Wildman–Crippen MR) is 93.8 cm³/mol. The van der Waals surface area contributed by atoms with Crippen LogP contribution in [0.15, 0.2) is 18.2 Å². The molecule has 0 aromatic heterocycles. The van der Waals surface area contributed by atoms with E-state index >= 15 is 0 Å². The number of carbonyl (C=O) groups excluding carboxylic acids is 1.